The van der Waals surface area contributed by atoms with Crippen LogP contribution in [0.3, 0.4) is 0 Å². The first-order valence-corrected chi connectivity index (χ1v) is 8.46. The molecule has 2 heterocycles. The molecule has 1 aliphatic rings. The summed E-state index contributed by atoms with van der Waals surface area (Å²) >= 11 is 0. The van der Waals surface area contributed by atoms with Gasteiger partial charge < -0.3 is 16.0 Å². The van der Waals surface area contributed by atoms with Crippen LogP contribution in [0, 0.1) is 5.92 Å². The highest BCUT2D eigenvalue weighted by atomic mass is 16.2. The van der Waals surface area contributed by atoms with Gasteiger partial charge in [0.05, 0.1) is 5.92 Å². The van der Waals surface area contributed by atoms with Crippen LogP contribution in [-0.4, -0.2) is 29.9 Å². The molecule has 0 bridgehead atoms. The minimum Gasteiger partial charge on any atom is -0.371 e. The van der Waals surface area contributed by atoms with Crippen molar-refractivity contribution >= 4 is 17.5 Å². The monoisotopic (exact) mass is 338 g/mol. The lowest BCUT2D eigenvalue weighted by Crippen LogP contribution is -2.41. The van der Waals surface area contributed by atoms with Gasteiger partial charge in [-0.1, -0.05) is 18.2 Å². The number of carbonyl (C=O) groups is 2. The molecule has 0 spiro atoms. The highest BCUT2D eigenvalue weighted by molar-refractivity contribution is 5.92. The number of amides is 2. The van der Waals surface area contributed by atoms with E-state index >= 15 is 0 Å². The molecular weight excluding hydrogens is 316 g/mol. The number of hydrogen-bond acceptors (Lipinski definition) is 4. The molecule has 1 aliphatic heterocycles. The number of piperidine rings is 1. The number of primary amides is 1. The van der Waals surface area contributed by atoms with Crippen LogP contribution >= 0.6 is 0 Å². The van der Waals surface area contributed by atoms with E-state index in [2.05, 4.69) is 15.2 Å². The molecule has 0 aliphatic carbocycles. The molecule has 0 radical (unpaired) electrons. The molecule has 6 nitrogen and oxygen atoms in total. The Kier molecular flexibility index (Phi) is 5.28. The number of aromatic nitrogens is 1. The first-order valence-electron chi connectivity index (χ1n) is 8.46. The molecule has 1 aromatic carbocycles. The van der Waals surface area contributed by atoms with Crippen molar-refractivity contribution in [3.63, 3.8) is 0 Å². The number of nitrogens with zero attached hydrogens (tertiary/aromatic N) is 2. The first kappa shape index (κ1) is 17.0. The Morgan fingerprint density at radius 1 is 1.20 bits per heavy atom. The molecule has 0 saturated carbocycles. The summed E-state index contributed by atoms with van der Waals surface area (Å²) < 4.78 is 0. The van der Waals surface area contributed by atoms with Crippen LogP contribution in [0.1, 0.15) is 28.9 Å². The summed E-state index contributed by atoms with van der Waals surface area (Å²) in [5.74, 6) is -0.491. The summed E-state index contributed by atoms with van der Waals surface area (Å²) in [5.41, 5.74) is 7.93. The maximum atomic E-state index is 12.0. The Bertz CT molecular complexity index is 731. The van der Waals surface area contributed by atoms with Gasteiger partial charge in [-0.2, -0.15) is 0 Å². The second kappa shape index (κ2) is 7.79. The van der Waals surface area contributed by atoms with Crippen LogP contribution in [0.25, 0.3) is 0 Å². The molecule has 3 rings (SSSR count). The van der Waals surface area contributed by atoms with E-state index in [1.807, 2.05) is 24.3 Å². The van der Waals surface area contributed by atoms with Crippen LogP contribution in [0.5, 0.6) is 0 Å². The van der Waals surface area contributed by atoms with Gasteiger partial charge in [-0.3, -0.25) is 14.6 Å². The third-order valence-electron chi connectivity index (χ3n) is 4.48. The maximum Gasteiger partial charge on any atom is 0.270 e. The fraction of sp³-hybridized carbons (Fsp3) is 0.316. The lowest BCUT2D eigenvalue weighted by Gasteiger charge is -2.33. The molecule has 1 fully saturated rings. The zero-order valence-electron chi connectivity index (χ0n) is 14.0. The summed E-state index contributed by atoms with van der Waals surface area (Å²) in [6.07, 6.45) is 3.43. The van der Waals surface area contributed by atoms with Crippen molar-refractivity contribution in [2.45, 2.75) is 19.4 Å². The summed E-state index contributed by atoms with van der Waals surface area (Å²) in [7, 11) is 0. The summed E-state index contributed by atoms with van der Waals surface area (Å²) in [6.45, 7) is 2.05. The summed E-state index contributed by atoms with van der Waals surface area (Å²) in [6, 6.07) is 13.3. The molecule has 2 aromatic rings. The molecule has 1 atom stereocenters. The number of nitrogens with one attached hydrogen (secondary N) is 1. The van der Waals surface area contributed by atoms with Crippen molar-refractivity contribution < 1.29 is 9.59 Å². The predicted molar refractivity (Wildman–Crippen MR) is 96.0 cm³/mol. The molecule has 130 valence electrons. The minimum absolute atomic E-state index is 0.0777. The number of pyridine rings is 1. The lowest BCUT2D eigenvalue weighted by atomic mass is 9.97. The van der Waals surface area contributed by atoms with Crippen LogP contribution in [-0.2, 0) is 11.3 Å². The van der Waals surface area contributed by atoms with E-state index in [1.54, 1.807) is 24.4 Å². The Morgan fingerprint density at radius 2 is 2.00 bits per heavy atom. The van der Waals surface area contributed by atoms with Crippen LogP contribution in [0.4, 0.5) is 5.69 Å². The van der Waals surface area contributed by atoms with E-state index in [4.69, 9.17) is 5.73 Å². The van der Waals surface area contributed by atoms with Gasteiger partial charge in [-0.05, 0) is 42.7 Å². The highest BCUT2D eigenvalue weighted by Crippen LogP contribution is 2.23. The molecule has 1 saturated heterocycles. The standard InChI is InChI=1S/C19H22N4O2/c20-18(24)15-4-3-11-23(13-15)16-8-6-14(7-9-16)12-22-19(25)17-5-1-2-10-21-17/h1-2,5-10,15H,3-4,11-13H2,(H2,20,24)(H,22,25). The van der Waals surface area contributed by atoms with Gasteiger partial charge >= 0.3 is 0 Å². The highest BCUT2D eigenvalue weighted by Gasteiger charge is 2.24. The molecule has 25 heavy (non-hydrogen) atoms. The third-order valence-corrected chi connectivity index (χ3v) is 4.48. The average Bonchev–Trinajstić information content (AvgIpc) is 2.67. The van der Waals surface area contributed by atoms with Gasteiger partial charge in [0.25, 0.3) is 5.91 Å². The Balaban J connectivity index is 1.57. The zero-order valence-corrected chi connectivity index (χ0v) is 14.0. The summed E-state index contributed by atoms with van der Waals surface area (Å²) in [5, 5.41) is 2.86. The van der Waals surface area contributed by atoms with Gasteiger partial charge in [0, 0.05) is 31.5 Å². The van der Waals surface area contributed by atoms with E-state index in [0.29, 0.717) is 18.8 Å². The Hall–Kier alpha value is -2.89. The van der Waals surface area contributed by atoms with Crippen molar-refractivity contribution in [1.29, 1.82) is 0 Å². The van der Waals surface area contributed by atoms with E-state index in [0.717, 1.165) is 30.6 Å². The second-order valence-electron chi connectivity index (χ2n) is 6.25. The lowest BCUT2D eigenvalue weighted by molar-refractivity contribution is -0.122. The Morgan fingerprint density at radius 3 is 2.68 bits per heavy atom. The van der Waals surface area contributed by atoms with Gasteiger partial charge in [0.15, 0.2) is 0 Å². The van der Waals surface area contributed by atoms with Crippen LogP contribution in [0.2, 0.25) is 0 Å². The van der Waals surface area contributed by atoms with Crippen molar-refractivity contribution in [1.82, 2.24) is 10.3 Å². The number of anilines is 1. The average molecular weight is 338 g/mol. The third kappa shape index (κ3) is 4.35. The molecule has 1 unspecified atom stereocenters. The molecular formula is C19H22N4O2. The number of hydrogen-bond donors (Lipinski definition) is 2. The smallest absolute Gasteiger partial charge is 0.270 e. The topological polar surface area (TPSA) is 88.3 Å². The van der Waals surface area contributed by atoms with Crippen molar-refractivity contribution in [2.75, 3.05) is 18.0 Å². The molecule has 3 N–H and O–H groups in total. The number of carbonyl (C=O) groups excluding carboxylic acids is 2. The van der Waals surface area contributed by atoms with E-state index in [9.17, 15) is 9.59 Å². The van der Waals surface area contributed by atoms with E-state index < -0.39 is 0 Å². The van der Waals surface area contributed by atoms with E-state index in [-0.39, 0.29) is 17.7 Å². The maximum absolute atomic E-state index is 12.0. The molecule has 2 amide bonds. The normalized spacial score (nSPS) is 17.1. The van der Waals surface area contributed by atoms with Gasteiger partial charge in [0.1, 0.15) is 5.69 Å². The number of nitrogens with two attached hydrogens (primary N) is 1. The summed E-state index contributed by atoms with van der Waals surface area (Å²) in [4.78, 5) is 29.6. The van der Waals surface area contributed by atoms with Crippen LogP contribution in [0.15, 0.2) is 48.7 Å². The second-order valence-corrected chi connectivity index (χ2v) is 6.25. The van der Waals surface area contributed by atoms with Crippen molar-refractivity contribution in [3.8, 4) is 0 Å². The minimum atomic E-state index is -0.224. The fourth-order valence-corrected chi connectivity index (χ4v) is 3.04. The van der Waals surface area contributed by atoms with Gasteiger partial charge in [0.2, 0.25) is 5.91 Å². The predicted octanol–water partition coefficient (Wildman–Crippen LogP) is 1.71. The van der Waals surface area contributed by atoms with Crippen molar-refractivity contribution in [3.05, 3.63) is 59.9 Å². The van der Waals surface area contributed by atoms with Gasteiger partial charge in [-0.15, -0.1) is 0 Å². The molecule has 1 aromatic heterocycles. The zero-order chi connectivity index (χ0) is 17.6. The molecule has 6 heteroatoms. The van der Waals surface area contributed by atoms with Gasteiger partial charge in [-0.25, -0.2) is 0 Å². The van der Waals surface area contributed by atoms with Crippen molar-refractivity contribution in [2.24, 2.45) is 11.7 Å². The quantitative estimate of drug-likeness (QED) is 0.869. The van der Waals surface area contributed by atoms with E-state index in [1.165, 1.54) is 0 Å². The number of benzene rings is 1. The first-order chi connectivity index (χ1) is 12.1. The number of rotatable bonds is 5. The fourth-order valence-electron chi connectivity index (χ4n) is 3.04. The van der Waals surface area contributed by atoms with Crippen LogP contribution < -0.4 is 16.0 Å². The SMILES string of the molecule is NC(=O)C1CCCN(c2ccc(CNC(=O)c3ccccn3)cc2)C1. The Labute approximate surface area is 147 Å². The largest absolute Gasteiger partial charge is 0.371 e.